The number of nitrogens with zero attached hydrogens (tertiary/aromatic N) is 1. The van der Waals surface area contributed by atoms with E-state index in [0.717, 1.165) is 19.4 Å². The lowest BCUT2D eigenvalue weighted by atomic mass is 9.99. The highest BCUT2D eigenvalue weighted by atomic mass is 32.2. The van der Waals surface area contributed by atoms with Gasteiger partial charge in [0.15, 0.2) is 0 Å². The average molecular weight is 263 g/mol. The number of aliphatic hydroxyl groups is 1. The van der Waals surface area contributed by atoms with Crippen LogP contribution in [-0.4, -0.2) is 34.4 Å². The molecule has 2 fully saturated rings. The fraction of sp³-hybridized carbons (Fsp3) is 0.600. The summed E-state index contributed by atoms with van der Waals surface area (Å²) in [6, 6.07) is 10.1. The first kappa shape index (κ1) is 12.5. The zero-order valence-corrected chi connectivity index (χ0v) is 11.7. The predicted molar refractivity (Wildman–Crippen MR) is 75.8 cm³/mol. The van der Waals surface area contributed by atoms with Crippen LogP contribution in [0.3, 0.4) is 0 Å². The van der Waals surface area contributed by atoms with Crippen LogP contribution < -0.4 is 0 Å². The summed E-state index contributed by atoms with van der Waals surface area (Å²) in [5, 5.41) is 9.81. The molecule has 3 rings (SSSR count). The SMILES string of the molecule is CSc1ccc(CN2C3CCC2CC(O)C3)cc1. The van der Waals surface area contributed by atoms with E-state index in [1.165, 1.54) is 23.3 Å². The highest BCUT2D eigenvalue weighted by molar-refractivity contribution is 7.98. The Labute approximate surface area is 113 Å². The lowest BCUT2D eigenvalue weighted by Crippen LogP contribution is -2.44. The maximum atomic E-state index is 9.81. The smallest absolute Gasteiger partial charge is 0.0570 e. The summed E-state index contributed by atoms with van der Waals surface area (Å²) in [6.45, 7) is 1.05. The van der Waals surface area contributed by atoms with Gasteiger partial charge in [0.1, 0.15) is 0 Å². The maximum absolute atomic E-state index is 9.81. The van der Waals surface area contributed by atoms with E-state index in [2.05, 4.69) is 35.4 Å². The molecule has 0 aliphatic carbocycles. The first-order chi connectivity index (χ1) is 8.76. The van der Waals surface area contributed by atoms with Crippen molar-refractivity contribution >= 4 is 11.8 Å². The van der Waals surface area contributed by atoms with E-state index in [1.54, 1.807) is 11.8 Å². The highest BCUT2D eigenvalue weighted by Gasteiger charge is 2.39. The molecule has 2 aliphatic rings. The van der Waals surface area contributed by atoms with Crippen molar-refractivity contribution in [3.63, 3.8) is 0 Å². The van der Waals surface area contributed by atoms with Gasteiger partial charge in [-0.05, 0) is 49.6 Å². The molecule has 1 aromatic rings. The lowest BCUT2D eigenvalue weighted by Gasteiger charge is -2.37. The van der Waals surface area contributed by atoms with Crippen molar-refractivity contribution in [1.29, 1.82) is 0 Å². The second-order valence-electron chi connectivity index (χ2n) is 5.53. The Balaban J connectivity index is 1.69. The minimum atomic E-state index is -0.0578. The van der Waals surface area contributed by atoms with E-state index in [-0.39, 0.29) is 6.10 Å². The monoisotopic (exact) mass is 263 g/mol. The first-order valence-corrected chi connectivity index (χ1v) is 8.05. The zero-order valence-electron chi connectivity index (χ0n) is 10.9. The van der Waals surface area contributed by atoms with Crippen LogP contribution in [0.4, 0.5) is 0 Å². The predicted octanol–water partition coefficient (Wildman–Crippen LogP) is 2.90. The normalized spacial score (nSPS) is 31.8. The molecule has 0 spiro atoms. The zero-order chi connectivity index (χ0) is 12.5. The van der Waals surface area contributed by atoms with Gasteiger partial charge in [-0.25, -0.2) is 0 Å². The molecule has 1 aromatic carbocycles. The Kier molecular flexibility index (Phi) is 3.64. The van der Waals surface area contributed by atoms with Crippen LogP contribution in [0.25, 0.3) is 0 Å². The van der Waals surface area contributed by atoms with Crippen LogP contribution in [0, 0.1) is 0 Å². The average Bonchev–Trinajstić information content (AvgIpc) is 2.62. The van der Waals surface area contributed by atoms with Crippen molar-refractivity contribution in [3.05, 3.63) is 29.8 Å². The molecule has 98 valence electrons. The number of rotatable bonds is 3. The molecule has 2 bridgehead atoms. The van der Waals surface area contributed by atoms with E-state index >= 15 is 0 Å². The molecule has 3 heteroatoms. The third kappa shape index (κ3) is 2.44. The fourth-order valence-corrected chi connectivity index (χ4v) is 3.85. The van der Waals surface area contributed by atoms with Crippen LogP contribution in [0.2, 0.25) is 0 Å². The van der Waals surface area contributed by atoms with E-state index in [1.807, 2.05) is 0 Å². The molecule has 18 heavy (non-hydrogen) atoms. The van der Waals surface area contributed by atoms with Gasteiger partial charge in [0.2, 0.25) is 0 Å². The van der Waals surface area contributed by atoms with Crippen molar-refractivity contribution in [2.75, 3.05) is 6.26 Å². The largest absolute Gasteiger partial charge is 0.393 e. The Morgan fingerprint density at radius 1 is 1.17 bits per heavy atom. The maximum Gasteiger partial charge on any atom is 0.0570 e. The van der Waals surface area contributed by atoms with Crippen molar-refractivity contribution in [2.24, 2.45) is 0 Å². The van der Waals surface area contributed by atoms with Crippen LogP contribution >= 0.6 is 11.8 Å². The second-order valence-corrected chi connectivity index (χ2v) is 6.41. The summed E-state index contributed by atoms with van der Waals surface area (Å²) >= 11 is 1.79. The molecular weight excluding hydrogens is 242 g/mol. The summed E-state index contributed by atoms with van der Waals surface area (Å²) in [5.41, 5.74) is 1.40. The van der Waals surface area contributed by atoms with Gasteiger partial charge >= 0.3 is 0 Å². The number of benzene rings is 1. The van der Waals surface area contributed by atoms with Crippen LogP contribution in [-0.2, 0) is 6.54 Å². The van der Waals surface area contributed by atoms with Gasteiger partial charge in [-0.1, -0.05) is 12.1 Å². The summed E-state index contributed by atoms with van der Waals surface area (Å²) in [6.07, 6.45) is 6.53. The van der Waals surface area contributed by atoms with E-state index in [4.69, 9.17) is 0 Å². The summed E-state index contributed by atoms with van der Waals surface area (Å²) < 4.78 is 0. The Morgan fingerprint density at radius 2 is 1.78 bits per heavy atom. The molecule has 2 unspecified atom stereocenters. The van der Waals surface area contributed by atoms with Crippen molar-refractivity contribution in [2.45, 2.75) is 55.3 Å². The van der Waals surface area contributed by atoms with Crippen LogP contribution in [0.15, 0.2) is 29.2 Å². The number of hydrogen-bond donors (Lipinski definition) is 1. The molecule has 0 aromatic heterocycles. The first-order valence-electron chi connectivity index (χ1n) is 6.83. The number of aliphatic hydroxyl groups excluding tert-OH is 1. The molecule has 2 aliphatic heterocycles. The molecule has 2 heterocycles. The molecule has 0 radical (unpaired) electrons. The van der Waals surface area contributed by atoms with Gasteiger partial charge < -0.3 is 5.11 Å². The molecular formula is C15H21NOS. The Hall–Kier alpha value is -0.510. The van der Waals surface area contributed by atoms with E-state index in [9.17, 15) is 5.11 Å². The van der Waals surface area contributed by atoms with E-state index in [0.29, 0.717) is 12.1 Å². The van der Waals surface area contributed by atoms with Crippen molar-refractivity contribution in [3.8, 4) is 0 Å². The second kappa shape index (κ2) is 5.24. The van der Waals surface area contributed by atoms with E-state index < -0.39 is 0 Å². The molecule has 2 atom stereocenters. The third-order valence-corrected chi connectivity index (χ3v) is 5.13. The Morgan fingerprint density at radius 3 is 2.33 bits per heavy atom. The van der Waals surface area contributed by atoms with Gasteiger partial charge in [0.25, 0.3) is 0 Å². The lowest BCUT2D eigenvalue weighted by molar-refractivity contribution is 0.0310. The van der Waals surface area contributed by atoms with Gasteiger partial charge in [-0.15, -0.1) is 11.8 Å². The number of thioether (sulfide) groups is 1. The summed E-state index contributed by atoms with van der Waals surface area (Å²) in [7, 11) is 0. The van der Waals surface area contributed by atoms with Crippen molar-refractivity contribution < 1.29 is 5.11 Å². The topological polar surface area (TPSA) is 23.5 Å². The fourth-order valence-electron chi connectivity index (χ4n) is 3.45. The molecule has 0 saturated carbocycles. The Bertz CT molecular complexity index is 391. The van der Waals surface area contributed by atoms with Crippen LogP contribution in [0.5, 0.6) is 0 Å². The minimum Gasteiger partial charge on any atom is -0.393 e. The number of hydrogen-bond acceptors (Lipinski definition) is 3. The third-order valence-electron chi connectivity index (χ3n) is 4.38. The van der Waals surface area contributed by atoms with Crippen LogP contribution in [0.1, 0.15) is 31.2 Å². The molecule has 2 saturated heterocycles. The summed E-state index contributed by atoms with van der Waals surface area (Å²) in [4.78, 5) is 3.94. The van der Waals surface area contributed by atoms with Gasteiger partial charge in [-0.2, -0.15) is 0 Å². The van der Waals surface area contributed by atoms with Crippen molar-refractivity contribution in [1.82, 2.24) is 4.90 Å². The van der Waals surface area contributed by atoms with Gasteiger partial charge in [0, 0.05) is 23.5 Å². The molecule has 0 amide bonds. The molecule has 2 nitrogen and oxygen atoms in total. The molecule has 1 N–H and O–H groups in total. The minimum absolute atomic E-state index is 0.0578. The summed E-state index contributed by atoms with van der Waals surface area (Å²) in [5.74, 6) is 0. The van der Waals surface area contributed by atoms with Gasteiger partial charge in [-0.3, -0.25) is 4.90 Å². The standard InChI is InChI=1S/C15H21NOS/c1-18-15-6-2-11(3-7-15)10-16-12-4-5-13(16)9-14(17)8-12/h2-3,6-7,12-14,17H,4-5,8-10H2,1H3. The quantitative estimate of drug-likeness (QED) is 0.848. The highest BCUT2D eigenvalue weighted by Crippen LogP contribution is 2.36. The number of piperidine rings is 1. The number of fused-ring (bicyclic) bond motifs is 2. The van der Waals surface area contributed by atoms with Gasteiger partial charge in [0.05, 0.1) is 6.10 Å².